The van der Waals surface area contributed by atoms with Gasteiger partial charge in [-0.2, -0.15) is 5.26 Å². The van der Waals surface area contributed by atoms with Gasteiger partial charge in [-0.15, -0.1) is 0 Å². The van der Waals surface area contributed by atoms with Crippen LogP contribution in [-0.2, 0) is 6.54 Å². The summed E-state index contributed by atoms with van der Waals surface area (Å²) in [5.74, 6) is -0.664. The molecule has 35 heavy (non-hydrogen) atoms. The van der Waals surface area contributed by atoms with Gasteiger partial charge in [0.1, 0.15) is 29.8 Å². The van der Waals surface area contributed by atoms with Crippen LogP contribution in [0.5, 0.6) is 5.75 Å². The van der Waals surface area contributed by atoms with Crippen molar-refractivity contribution in [3.05, 3.63) is 81.8 Å². The molecule has 0 fully saturated rings. The average Bonchev–Trinajstić information content (AvgIpc) is 3.34. The van der Waals surface area contributed by atoms with Gasteiger partial charge in [-0.05, 0) is 36.4 Å². The number of aromatic nitrogens is 5. The molecular formula is C24H15ClN6O4. The minimum absolute atomic E-state index is 0.0946. The molecule has 0 aliphatic carbocycles. The van der Waals surface area contributed by atoms with Gasteiger partial charge in [-0.25, -0.2) is 19.7 Å². The van der Waals surface area contributed by atoms with E-state index in [1.807, 2.05) is 6.07 Å². The highest BCUT2D eigenvalue weighted by atomic mass is 35.5. The Hall–Kier alpha value is -4.75. The third kappa shape index (κ3) is 4.16. The number of rotatable bonds is 6. The highest BCUT2D eigenvalue weighted by Crippen LogP contribution is 2.33. The molecule has 0 amide bonds. The first kappa shape index (κ1) is 22.1. The third-order valence-electron chi connectivity index (χ3n) is 5.39. The van der Waals surface area contributed by atoms with Gasteiger partial charge in [0.25, 0.3) is 5.56 Å². The van der Waals surface area contributed by atoms with Gasteiger partial charge in [-0.1, -0.05) is 11.6 Å². The summed E-state index contributed by atoms with van der Waals surface area (Å²) < 4.78 is 7.33. The maximum Gasteiger partial charge on any atom is 0.336 e. The molecule has 2 N–H and O–H groups in total. The number of hydrogen-bond acceptors (Lipinski definition) is 7. The molecule has 0 spiro atoms. The number of fused-ring (bicyclic) bond motifs is 2. The summed E-state index contributed by atoms with van der Waals surface area (Å²) in [6.07, 6.45) is 4.40. The lowest BCUT2D eigenvalue weighted by atomic mass is 10.1. The predicted molar refractivity (Wildman–Crippen MR) is 128 cm³/mol. The smallest absolute Gasteiger partial charge is 0.336 e. The van der Waals surface area contributed by atoms with E-state index >= 15 is 0 Å². The van der Waals surface area contributed by atoms with E-state index in [1.165, 1.54) is 29.2 Å². The molecule has 0 bridgehead atoms. The molecule has 5 rings (SSSR count). The largest absolute Gasteiger partial charge is 0.491 e. The number of carboxylic acid groups (broad SMARTS) is 1. The van der Waals surface area contributed by atoms with Crippen LogP contribution in [0.3, 0.4) is 0 Å². The summed E-state index contributed by atoms with van der Waals surface area (Å²) in [7, 11) is 0. The van der Waals surface area contributed by atoms with Gasteiger partial charge in [0.2, 0.25) is 0 Å². The molecule has 4 aromatic heterocycles. The quantitative estimate of drug-likeness (QED) is 0.369. The first-order valence-corrected chi connectivity index (χ1v) is 10.7. The number of aromatic amines is 1. The molecule has 10 nitrogen and oxygen atoms in total. The highest BCUT2D eigenvalue weighted by molar-refractivity contribution is 6.31. The molecule has 0 aliphatic heterocycles. The van der Waals surface area contributed by atoms with Crippen molar-refractivity contribution in [1.82, 2.24) is 24.5 Å². The molecule has 0 saturated heterocycles. The van der Waals surface area contributed by atoms with Crippen LogP contribution in [0, 0.1) is 11.3 Å². The van der Waals surface area contributed by atoms with Crippen LogP contribution in [0.2, 0.25) is 5.02 Å². The summed E-state index contributed by atoms with van der Waals surface area (Å²) >= 11 is 6.21. The van der Waals surface area contributed by atoms with E-state index < -0.39 is 5.97 Å². The van der Waals surface area contributed by atoms with Crippen LogP contribution in [-0.4, -0.2) is 42.2 Å². The molecule has 0 saturated carbocycles. The fourth-order valence-electron chi connectivity index (χ4n) is 3.72. The van der Waals surface area contributed by atoms with Crippen molar-refractivity contribution < 1.29 is 14.6 Å². The standard InChI is InChI=1S/C24H15ClN6O4/c25-13-1-2-21(17(7-13)19-9-16(24(33)34)15-3-4-27-22(15)30-19)35-6-5-31-12-29-20-11-28-14(10-26)8-18(20)23(31)32/h1-4,7-9,11-12H,5-6H2,(H,27,30)(H,33,34). The topological polar surface area (TPSA) is 147 Å². The number of nitrogens with zero attached hydrogens (tertiary/aromatic N) is 5. The maximum absolute atomic E-state index is 12.8. The molecule has 4 heterocycles. The van der Waals surface area contributed by atoms with Crippen LogP contribution in [0.15, 0.2) is 59.9 Å². The summed E-state index contributed by atoms with van der Waals surface area (Å²) in [4.78, 5) is 40.2. The van der Waals surface area contributed by atoms with Gasteiger partial charge >= 0.3 is 5.97 Å². The van der Waals surface area contributed by atoms with Crippen molar-refractivity contribution in [3.63, 3.8) is 0 Å². The second-order valence-corrected chi connectivity index (χ2v) is 7.97. The lowest BCUT2D eigenvalue weighted by molar-refractivity contribution is 0.0699. The van der Waals surface area contributed by atoms with Crippen molar-refractivity contribution in [3.8, 4) is 23.1 Å². The first-order chi connectivity index (χ1) is 16.9. The number of benzene rings is 1. The lowest BCUT2D eigenvalue weighted by Crippen LogP contribution is -2.23. The maximum atomic E-state index is 12.8. The number of pyridine rings is 2. The number of nitrogens with one attached hydrogen (secondary N) is 1. The predicted octanol–water partition coefficient (Wildman–Crippen LogP) is 3.64. The molecule has 1 aromatic carbocycles. The van der Waals surface area contributed by atoms with Crippen molar-refractivity contribution >= 4 is 39.5 Å². The third-order valence-corrected chi connectivity index (χ3v) is 5.63. The monoisotopic (exact) mass is 486 g/mol. The van der Waals surface area contributed by atoms with E-state index in [4.69, 9.17) is 21.6 Å². The van der Waals surface area contributed by atoms with Crippen LogP contribution < -0.4 is 10.3 Å². The van der Waals surface area contributed by atoms with Gasteiger partial charge in [0, 0.05) is 22.2 Å². The second kappa shape index (κ2) is 8.89. The Labute approximate surface area is 202 Å². The normalized spacial score (nSPS) is 11.0. The summed E-state index contributed by atoms with van der Waals surface area (Å²) in [5.41, 5.74) is 1.60. The number of carboxylic acids is 1. The Morgan fingerprint density at radius 1 is 1.20 bits per heavy atom. The van der Waals surface area contributed by atoms with Crippen LogP contribution in [0.25, 0.3) is 33.2 Å². The lowest BCUT2D eigenvalue weighted by Gasteiger charge is -2.13. The Morgan fingerprint density at radius 2 is 2.06 bits per heavy atom. The first-order valence-electron chi connectivity index (χ1n) is 10.3. The van der Waals surface area contributed by atoms with Crippen LogP contribution in [0.1, 0.15) is 16.1 Å². The van der Waals surface area contributed by atoms with Crippen molar-refractivity contribution in [2.45, 2.75) is 6.54 Å². The van der Waals surface area contributed by atoms with Gasteiger partial charge in [-0.3, -0.25) is 9.36 Å². The zero-order valence-electron chi connectivity index (χ0n) is 17.9. The SMILES string of the molecule is N#Cc1cc2c(=O)n(CCOc3ccc(Cl)cc3-c3cc(C(=O)O)c4cc[nH]c4n3)cnc2cn1. The zero-order valence-corrected chi connectivity index (χ0v) is 18.7. The van der Waals surface area contributed by atoms with Crippen molar-refractivity contribution in [2.75, 3.05) is 6.61 Å². The zero-order chi connectivity index (χ0) is 24.5. The molecule has 0 unspecified atom stereocenters. The van der Waals surface area contributed by atoms with Gasteiger partial charge in [0.05, 0.1) is 41.2 Å². The number of ether oxygens (including phenoxy) is 1. The molecule has 5 aromatic rings. The molecule has 172 valence electrons. The van der Waals surface area contributed by atoms with E-state index in [-0.39, 0.29) is 35.4 Å². The van der Waals surface area contributed by atoms with Gasteiger partial charge in [0.15, 0.2) is 0 Å². The number of carbonyl (C=O) groups is 1. The van der Waals surface area contributed by atoms with E-state index in [1.54, 1.807) is 30.5 Å². The van der Waals surface area contributed by atoms with Crippen molar-refractivity contribution in [1.29, 1.82) is 5.26 Å². The van der Waals surface area contributed by atoms with Crippen molar-refractivity contribution in [2.24, 2.45) is 0 Å². The summed E-state index contributed by atoms with van der Waals surface area (Å²) in [6.45, 7) is 0.284. The number of halogens is 1. The number of aromatic carboxylic acids is 1. The molecule has 0 aliphatic rings. The van der Waals surface area contributed by atoms with E-state index in [9.17, 15) is 14.7 Å². The van der Waals surface area contributed by atoms with E-state index in [2.05, 4.69) is 19.9 Å². The summed E-state index contributed by atoms with van der Waals surface area (Å²) in [5, 5.41) is 19.9. The Bertz CT molecular complexity index is 1720. The minimum atomic E-state index is -1.08. The van der Waals surface area contributed by atoms with Gasteiger partial charge < -0.3 is 14.8 Å². The van der Waals surface area contributed by atoms with E-state index in [0.717, 1.165) is 0 Å². The Kier molecular flexibility index (Phi) is 5.60. The highest BCUT2D eigenvalue weighted by Gasteiger charge is 2.17. The molecule has 0 radical (unpaired) electrons. The minimum Gasteiger partial charge on any atom is -0.491 e. The number of H-pyrrole nitrogens is 1. The van der Waals surface area contributed by atoms with E-state index in [0.29, 0.717) is 38.6 Å². The number of nitriles is 1. The van der Waals surface area contributed by atoms with Crippen LogP contribution >= 0.6 is 11.6 Å². The average molecular weight is 487 g/mol. The Morgan fingerprint density at radius 3 is 2.86 bits per heavy atom. The molecular weight excluding hydrogens is 472 g/mol. The second-order valence-electron chi connectivity index (χ2n) is 7.53. The molecule has 0 atom stereocenters. The van der Waals surface area contributed by atoms with Crippen LogP contribution in [0.4, 0.5) is 0 Å². The Balaban J connectivity index is 1.45. The molecule has 11 heteroatoms. The fourth-order valence-corrected chi connectivity index (χ4v) is 3.89. The number of hydrogen-bond donors (Lipinski definition) is 2. The fraction of sp³-hybridized carbons (Fsp3) is 0.0833. The summed E-state index contributed by atoms with van der Waals surface area (Å²) in [6, 6.07) is 11.4.